The Balaban J connectivity index is 1.39. The highest BCUT2D eigenvalue weighted by molar-refractivity contribution is 7.14. The zero-order valence-electron chi connectivity index (χ0n) is 16.1. The van der Waals surface area contributed by atoms with Crippen LogP contribution < -0.4 is 9.80 Å². The third-order valence-electron chi connectivity index (χ3n) is 5.50. The number of rotatable bonds is 4. The highest BCUT2D eigenvalue weighted by Gasteiger charge is 2.35. The van der Waals surface area contributed by atoms with Gasteiger partial charge < -0.3 is 9.32 Å². The van der Waals surface area contributed by atoms with E-state index < -0.39 is 0 Å². The predicted octanol–water partition coefficient (Wildman–Crippen LogP) is 4.37. The molecule has 6 nitrogen and oxygen atoms in total. The smallest absolute Gasteiger partial charge is 0.295 e. The van der Waals surface area contributed by atoms with Gasteiger partial charge in [-0.3, -0.25) is 14.5 Å². The monoisotopic (exact) mass is 407 g/mol. The number of benzene rings is 1. The van der Waals surface area contributed by atoms with Crippen molar-refractivity contribution in [3.05, 3.63) is 53.3 Å². The number of aryl methyl sites for hydroxylation is 1. The number of amides is 2. The Morgan fingerprint density at radius 2 is 2.14 bits per heavy atom. The maximum absolute atomic E-state index is 12.6. The first-order valence-electron chi connectivity index (χ1n) is 9.83. The lowest BCUT2D eigenvalue weighted by atomic mass is 9.98. The van der Waals surface area contributed by atoms with E-state index in [0.29, 0.717) is 10.9 Å². The minimum atomic E-state index is -0.226. The summed E-state index contributed by atoms with van der Waals surface area (Å²) in [7, 11) is 1.70. The van der Waals surface area contributed by atoms with Gasteiger partial charge in [-0.2, -0.15) is 0 Å². The number of nitrogens with zero attached hydrogens (tertiary/aromatic N) is 3. The van der Waals surface area contributed by atoms with Crippen LogP contribution in [-0.4, -0.2) is 30.4 Å². The van der Waals surface area contributed by atoms with Gasteiger partial charge in [0.1, 0.15) is 0 Å². The predicted molar refractivity (Wildman–Crippen MR) is 112 cm³/mol. The Labute approximate surface area is 172 Å². The molecule has 5 rings (SSSR count). The summed E-state index contributed by atoms with van der Waals surface area (Å²) in [5.74, 6) is 0.561. The molecule has 3 heterocycles. The summed E-state index contributed by atoms with van der Waals surface area (Å²) in [4.78, 5) is 33.2. The first-order chi connectivity index (χ1) is 14.1. The van der Waals surface area contributed by atoms with Crippen molar-refractivity contribution in [1.29, 1.82) is 0 Å². The van der Waals surface area contributed by atoms with Crippen LogP contribution in [0.25, 0.3) is 11.3 Å². The van der Waals surface area contributed by atoms with Gasteiger partial charge in [-0.05, 0) is 55.5 Å². The molecular formula is C22H21N3O3S. The summed E-state index contributed by atoms with van der Waals surface area (Å²) in [6, 6.07) is 9.53. The van der Waals surface area contributed by atoms with Gasteiger partial charge in [0.25, 0.3) is 5.91 Å². The number of thiazole rings is 1. The van der Waals surface area contributed by atoms with Crippen LogP contribution in [-0.2, 0) is 11.2 Å². The van der Waals surface area contributed by atoms with Crippen molar-refractivity contribution in [2.24, 2.45) is 5.92 Å². The molecule has 1 saturated carbocycles. The Morgan fingerprint density at radius 1 is 1.28 bits per heavy atom. The van der Waals surface area contributed by atoms with Crippen LogP contribution in [0.3, 0.4) is 0 Å². The fourth-order valence-corrected chi connectivity index (χ4v) is 4.54. The number of hydrogen-bond donors (Lipinski definition) is 0. The van der Waals surface area contributed by atoms with Gasteiger partial charge in [0.2, 0.25) is 5.91 Å². The summed E-state index contributed by atoms with van der Waals surface area (Å²) in [6.07, 6.45) is 5.48. The van der Waals surface area contributed by atoms with Gasteiger partial charge in [0, 0.05) is 36.1 Å². The molecule has 1 aliphatic carbocycles. The van der Waals surface area contributed by atoms with Crippen molar-refractivity contribution in [1.82, 2.24) is 4.98 Å². The average Bonchev–Trinajstić information content (AvgIpc) is 3.24. The number of aromatic nitrogens is 1. The Morgan fingerprint density at radius 3 is 2.90 bits per heavy atom. The SMILES string of the molecule is CN(C(=O)c1ccco1)c1nc(-c2ccc3c(c2)CCCN3C(=O)C2CC2)cs1. The third kappa shape index (κ3) is 3.35. The quantitative estimate of drug-likeness (QED) is 0.644. The van der Waals surface area contributed by atoms with E-state index in [1.165, 1.54) is 28.1 Å². The second-order valence-corrected chi connectivity index (χ2v) is 8.40. The molecule has 2 aliphatic rings. The van der Waals surface area contributed by atoms with E-state index in [4.69, 9.17) is 4.42 Å². The molecule has 1 fully saturated rings. The van der Waals surface area contributed by atoms with Crippen molar-refractivity contribution < 1.29 is 14.0 Å². The first-order valence-corrected chi connectivity index (χ1v) is 10.7. The third-order valence-corrected chi connectivity index (χ3v) is 6.42. The zero-order chi connectivity index (χ0) is 20.0. The minimum absolute atomic E-state index is 0.226. The standard InChI is InChI=1S/C22H21N3O3S/c1-24(21(27)19-5-3-11-28-19)22-23-17(13-29-22)15-8-9-18-16(12-15)4-2-10-25(18)20(26)14-6-7-14/h3,5,8-9,11-14H,2,4,6-7,10H2,1H3. The van der Waals surface area contributed by atoms with Crippen LogP contribution in [0.15, 0.2) is 46.4 Å². The highest BCUT2D eigenvalue weighted by atomic mass is 32.1. The molecule has 0 spiro atoms. The number of fused-ring (bicyclic) bond motifs is 1. The zero-order valence-corrected chi connectivity index (χ0v) is 16.9. The fraction of sp³-hybridized carbons (Fsp3) is 0.318. The lowest BCUT2D eigenvalue weighted by Gasteiger charge is -2.30. The van der Waals surface area contributed by atoms with Gasteiger partial charge in [-0.25, -0.2) is 4.98 Å². The molecule has 7 heteroatoms. The van der Waals surface area contributed by atoms with Gasteiger partial charge in [-0.1, -0.05) is 6.07 Å². The topological polar surface area (TPSA) is 66.7 Å². The molecule has 3 aromatic rings. The largest absolute Gasteiger partial charge is 0.459 e. The van der Waals surface area contributed by atoms with Crippen molar-refractivity contribution in [2.45, 2.75) is 25.7 Å². The summed E-state index contributed by atoms with van der Waals surface area (Å²) in [6.45, 7) is 0.808. The average molecular weight is 407 g/mol. The summed E-state index contributed by atoms with van der Waals surface area (Å²) >= 11 is 1.42. The summed E-state index contributed by atoms with van der Waals surface area (Å²) in [5, 5.41) is 2.57. The number of anilines is 2. The molecule has 148 valence electrons. The van der Waals surface area contributed by atoms with Crippen molar-refractivity contribution >= 4 is 34.0 Å². The van der Waals surface area contributed by atoms with Crippen LogP contribution in [0.1, 0.15) is 35.4 Å². The summed E-state index contributed by atoms with van der Waals surface area (Å²) in [5.41, 5.74) is 4.07. The van der Waals surface area contributed by atoms with Crippen LogP contribution in [0.2, 0.25) is 0 Å². The number of furan rings is 1. The molecule has 0 atom stereocenters. The van der Waals surface area contributed by atoms with E-state index in [1.54, 1.807) is 19.2 Å². The van der Waals surface area contributed by atoms with E-state index >= 15 is 0 Å². The van der Waals surface area contributed by atoms with Crippen LogP contribution in [0.4, 0.5) is 10.8 Å². The van der Waals surface area contributed by atoms with E-state index in [1.807, 2.05) is 22.4 Å². The second kappa shape index (κ2) is 7.15. The molecule has 2 aromatic heterocycles. The molecule has 0 saturated heterocycles. The fourth-order valence-electron chi connectivity index (χ4n) is 3.74. The maximum atomic E-state index is 12.6. The van der Waals surface area contributed by atoms with E-state index in [-0.39, 0.29) is 17.7 Å². The van der Waals surface area contributed by atoms with Gasteiger partial charge in [0.05, 0.1) is 12.0 Å². The second-order valence-electron chi connectivity index (χ2n) is 7.57. The molecule has 1 aliphatic heterocycles. The normalized spacial score (nSPS) is 15.8. The molecule has 0 N–H and O–H groups in total. The molecular weight excluding hydrogens is 386 g/mol. The van der Waals surface area contributed by atoms with Gasteiger partial charge >= 0.3 is 0 Å². The van der Waals surface area contributed by atoms with E-state index in [0.717, 1.165) is 49.2 Å². The number of carbonyl (C=O) groups excluding carboxylic acids is 2. The van der Waals surface area contributed by atoms with Crippen LogP contribution >= 0.6 is 11.3 Å². The van der Waals surface area contributed by atoms with E-state index in [2.05, 4.69) is 11.1 Å². The number of hydrogen-bond acceptors (Lipinski definition) is 5. The summed E-state index contributed by atoms with van der Waals surface area (Å²) < 4.78 is 5.20. The molecule has 2 amide bonds. The van der Waals surface area contributed by atoms with Crippen LogP contribution in [0.5, 0.6) is 0 Å². The Hall–Kier alpha value is -2.93. The molecule has 0 unspecified atom stereocenters. The van der Waals surface area contributed by atoms with Gasteiger partial charge in [-0.15, -0.1) is 11.3 Å². The minimum Gasteiger partial charge on any atom is -0.459 e. The van der Waals surface area contributed by atoms with Gasteiger partial charge in [0.15, 0.2) is 10.9 Å². The highest BCUT2D eigenvalue weighted by Crippen LogP contribution is 2.37. The van der Waals surface area contributed by atoms with Crippen molar-refractivity contribution in [3.63, 3.8) is 0 Å². The van der Waals surface area contributed by atoms with E-state index in [9.17, 15) is 9.59 Å². The first kappa shape index (κ1) is 18.1. The molecule has 0 bridgehead atoms. The number of carbonyl (C=O) groups is 2. The van der Waals surface area contributed by atoms with Crippen LogP contribution in [0, 0.1) is 5.92 Å². The maximum Gasteiger partial charge on any atom is 0.295 e. The lowest BCUT2D eigenvalue weighted by Crippen LogP contribution is -2.36. The van der Waals surface area contributed by atoms with Crippen molar-refractivity contribution in [2.75, 3.05) is 23.4 Å². The Kier molecular flexibility index (Phi) is 4.47. The molecule has 0 radical (unpaired) electrons. The molecule has 1 aromatic carbocycles. The molecule has 29 heavy (non-hydrogen) atoms. The lowest BCUT2D eigenvalue weighted by molar-refractivity contribution is -0.119. The van der Waals surface area contributed by atoms with Crippen molar-refractivity contribution in [3.8, 4) is 11.3 Å². The Bertz CT molecular complexity index is 1070.